The molecule has 0 amide bonds. The summed E-state index contributed by atoms with van der Waals surface area (Å²) < 4.78 is 10.9. The number of hydrogen-bond acceptors (Lipinski definition) is 2. The predicted molar refractivity (Wildman–Crippen MR) is 48.5 cm³/mol. The molecule has 0 aliphatic rings. The summed E-state index contributed by atoms with van der Waals surface area (Å²) in [6.07, 6.45) is 0. The first kappa shape index (κ1) is 15.5. The van der Waals surface area contributed by atoms with Crippen molar-refractivity contribution in [2.75, 3.05) is 0 Å². The van der Waals surface area contributed by atoms with E-state index in [1.54, 1.807) is 0 Å². The van der Waals surface area contributed by atoms with Crippen molar-refractivity contribution in [1.29, 1.82) is 0 Å². The van der Waals surface area contributed by atoms with Crippen LogP contribution in [-0.4, -0.2) is 27.1 Å². The second kappa shape index (κ2) is 5.71. The molecule has 67 valence electrons. The third-order valence-corrected chi connectivity index (χ3v) is 2.41. The predicted octanol–water partition coefficient (Wildman–Crippen LogP) is -0.733. The zero-order chi connectivity index (χ0) is 9.12. The van der Waals surface area contributed by atoms with Gasteiger partial charge in [0.15, 0.2) is 0 Å². The Morgan fingerprint density at radius 2 is 1.08 bits per heavy atom. The van der Waals surface area contributed by atoms with E-state index in [1.807, 2.05) is 41.5 Å². The fourth-order valence-corrected chi connectivity index (χ4v) is 0.938. The largest absolute Gasteiger partial charge is 1.00 e. The molecule has 0 unspecified atom stereocenters. The Kier molecular flexibility index (Phi) is 7.39. The summed E-state index contributed by atoms with van der Waals surface area (Å²) in [5, 5.41) is 0. The Hall–Kier alpha value is 1.05. The van der Waals surface area contributed by atoms with Crippen LogP contribution in [0.15, 0.2) is 0 Å². The molecule has 0 heterocycles. The van der Waals surface area contributed by atoms with E-state index in [2.05, 4.69) is 0 Å². The average Bonchev–Trinajstić information content (AvgIpc) is 1.55. The molecule has 0 atom stereocenters. The summed E-state index contributed by atoms with van der Waals surface area (Å²) in [5.74, 6) is 0. The monoisotopic (exact) mass is 181 g/mol. The van der Waals surface area contributed by atoms with Gasteiger partial charge in [0.1, 0.15) is 0 Å². The van der Waals surface area contributed by atoms with Crippen molar-refractivity contribution in [3.05, 3.63) is 0 Å². The molecule has 0 aliphatic carbocycles. The van der Waals surface area contributed by atoms with Gasteiger partial charge in [-0.1, -0.05) is 0 Å². The van der Waals surface area contributed by atoms with Gasteiger partial charge in [-0.3, -0.25) is 0 Å². The van der Waals surface area contributed by atoms with E-state index in [0.29, 0.717) is 0 Å². The van der Waals surface area contributed by atoms with E-state index < -0.39 is 0 Å². The van der Waals surface area contributed by atoms with Crippen LogP contribution < -0.4 is 18.9 Å². The summed E-state index contributed by atoms with van der Waals surface area (Å²) in [6, 6.07) is 0. The van der Waals surface area contributed by atoms with E-state index in [9.17, 15) is 0 Å². The molecule has 0 N–H and O–H groups in total. The van der Waals surface area contributed by atoms with Gasteiger partial charge in [-0.2, -0.15) is 0 Å². The van der Waals surface area contributed by atoms with Crippen LogP contribution in [0.5, 0.6) is 0 Å². The van der Waals surface area contributed by atoms with Crippen LogP contribution in [0.3, 0.4) is 0 Å². The van der Waals surface area contributed by atoms with E-state index in [1.165, 1.54) is 0 Å². The second-order valence-electron chi connectivity index (χ2n) is 4.56. The van der Waals surface area contributed by atoms with E-state index >= 15 is 0 Å². The Labute approximate surface area is 96.4 Å². The van der Waals surface area contributed by atoms with E-state index in [4.69, 9.17) is 7.58 Å². The molecule has 0 aliphatic heterocycles. The second-order valence-corrected chi connectivity index (χ2v) is 5.22. The first-order valence-corrected chi connectivity index (χ1v) is 4.82. The van der Waals surface area contributed by atoms with Gasteiger partial charge in [0, 0.05) is 11.2 Å². The quantitative estimate of drug-likeness (QED) is 0.523. The molecule has 12 heavy (non-hydrogen) atoms. The van der Waals surface area contributed by atoms with Crippen LogP contribution in [0.25, 0.3) is 0 Å². The first-order chi connectivity index (χ1) is 4.71. The Morgan fingerprint density at radius 3 is 1.25 bits per heavy atom. The number of hydrogen-bond donors (Lipinski definition) is 0. The summed E-state index contributed by atoms with van der Waals surface area (Å²) in [7, 11) is 0. The molecule has 0 aromatic heterocycles. The van der Waals surface area contributed by atoms with Crippen LogP contribution >= 0.6 is 0 Å². The zero-order valence-electron chi connectivity index (χ0n) is 10.4. The Balaban J connectivity index is -0.000000500. The third-order valence-electron chi connectivity index (χ3n) is 0.803. The fraction of sp³-hybridized carbons (Fsp3) is 1.00. The Bertz CT molecular complexity index is 106. The van der Waals surface area contributed by atoms with Crippen LogP contribution in [0, 0.1) is 0 Å². The van der Waals surface area contributed by atoms with Crippen molar-refractivity contribution in [2.45, 2.75) is 52.7 Å². The topological polar surface area (TPSA) is 18.5 Å². The van der Waals surface area contributed by atoms with Crippen molar-refractivity contribution in [3.63, 3.8) is 0 Å². The van der Waals surface area contributed by atoms with Crippen LogP contribution in [0.1, 0.15) is 43.0 Å². The maximum Gasteiger partial charge on any atom is 1.00 e. The molecule has 2 nitrogen and oxygen atoms in total. The summed E-state index contributed by atoms with van der Waals surface area (Å²) >= 11 is -0.331. The van der Waals surface area contributed by atoms with Crippen molar-refractivity contribution < 1.29 is 27.9 Å². The minimum atomic E-state index is -0.331. The molecule has 0 aromatic carbocycles. The first-order valence-electron chi connectivity index (χ1n) is 3.88. The van der Waals surface area contributed by atoms with E-state index in [-0.39, 0.29) is 47.4 Å². The average molecular weight is 181 g/mol. The molecule has 0 spiro atoms. The Morgan fingerprint density at radius 1 is 0.833 bits per heavy atom. The van der Waals surface area contributed by atoms with E-state index in [0.717, 1.165) is 0 Å². The standard InChI is InChI=1S/2C4H9O.Al.Li.H/c2*1-4(2,3)5;;;/h2*1-3H3;;;/q2*-1;+2;+1;-1. The van der Waals surface area contributed by atoms with Gasteiger partial charge in [-0.25, -0.2) is 0 Å². The van der Waals surface area contributed by atoms with Crippen LogP contribution in [0.4, 0.5) is 0 Å². The summed E-state index contributed by atoms with van der Waals surface area (Å²) in [6.45, 7) is 12.2. The van der Waals surface area contributed by atoms with Crippen molar-refractivity contribution in [2.24, 2.45) is 0 Å². The molecule has 0 saturated carbocycles. The van der Waals surface area contributed by atoms with Gasteiger partial charge in [0.2, 0.25) is 0 Å². The molecule has 0 rings (SSSR count). The minimum Gasteiger partial charge on any atom is -1.00 e. The molecule has 0 bridgehead atoms. The van der Waals surface area contributed by atoms with Gasteiger partial charge in [0.25, 0.3) is 0 Å². The smallest absolute Gasteiger partial charge is 1.00 e. The van der Waals surface area contributed by atoms with Crippen LogP contribution in [-0.2, 0) is 7.58 Å². The molecular weight excluding hydrogens is 162 g/mol. The van der Waals surface area contributed by atoms with Gasteiger partial charge >= 0.3 is 34.7 Å². The van der Waals surface area contributed by atoms with Crippen molar-refractivity contribution >= 4 is 15.9 Å². The van der Waals surface area contributed by atoms with Crippen molar-refractivity contribution in [1.82, 2.24) is 0 Å². The molecule has 1 radical (unpaired) electrons. The fourth-order valence-electron chi connectivity index (χ4n) is 0.313. The summed E-state index contributed by atoms with van der Waals surface area (Å²) in [5.41, 5.74) is -0.138. The molecular formula is C8H19AlLiO2. The van der Waals surface area contributed by atoms with Crippen LogP contribution in [0.2, 0.25) is 0 Å². The maximum absolute atomic E-state index is 5.47. The third kappa shape index (κ3) is 13.6. The SMILES string of the molecule is CC(C)(C)[O][Al][O]C(C)(C)C.[H-].[Li+]. The van der Waals surface area contributed by atoms with Gasteiger partial charge < -0.3 is 9.00 Å². The number of rotatable bonds is 2. The zero-order valence-corrected chi connectivity index (χ0v) is 10.5. The van der Waals surface area contributed by atoms with Gasteiger partial charge in [0.05, 0.1) is 0 Å². The summed E-state index contributed by atoms with van der Waals surface area (Å²) in [4.78, 5) is 0. The normalized spacial score (nSPS) is 12.2. The van der Waals surface area contributed by atoms with Gasteiger partial charge in [-0.15, -0.1) is 0 Å². The molecule has 4 heteroatoms. The minimum absolute atomic E-state index is 0. The maximum atomic E-state index is 5.47. The molecule has 0 saturated heterocycles. The molecule has 0 aromatic rings. The van der Waals surface area contributed by atoms with Gasteiger partial charge in [-0.05, 0) is 41.5 Å². The molecule has 0 fully saturated rings. The van der Waals surface area contributed by atoms with Crippen molar-refractivity contribution in [3.8, 4) is 0 Å².